The van der Waals surface area contributed by atoms with Crippen LogP contribution in [0.3, 0.4) is 0 Å². The van der Waals surface area contributed by atoms with Crippen LogP contribution in [0, 0.1) is 0 Å². The Morgan fingerprint density at radius 1 is 0.256 bits per heavy atom. The highest BCUT2D eigenvalue weighted by Crippen LogP contribution is 2.14. The van der Waals surface area contributed by atoms with Gasteiger partial charge in [-0.1, -0.05) is 287 Å². The molecule has 0 bridgehead atoms. The molecule has 458 valence electrons. The Balaban J connectivity index is 4.19. The van der Waals surface area contributed by atoms with Gasteiger partial charge in [-0.15, -0.1) is 0 Å². The summed E-state index contributed by atoms with van der Waals surface area (Å²) < 4.78 is 16.7. The number of carbonyl (C=O) groups is 3. The van der Waals surface area contributed by atoms with Crippen molar-refractivity contribution < 1.29 is 28.6 Å². The molecule has 6 nitrogen and oxygen atoms in total. The standard InChI is InChI=1S/C76H118O6/c1-4-7-10-13-16-18-20-22-24-26-28-30-32-33-34-35-36-37-38-39-40-41-42-43-45-46-48-50-52-54-56-58-60-63-66-69-75(78)81-72-73(71-80-74(77)68-65-62-15-12-9-6-3)82-76(79)70-67-64-61-59-57-55-53-51-49-47-44-31-29-27-25-23-21-19-17-14-11-8-5-2/h7-8,10-11,16-19,22-25,28-31,33-34,36-37,39-40,42-43,47,49,53,55,59,61,73H,4-6,9,12-15,20-21,26-27,32,35,38,41,44-46,48,50-52,54,56-58,60,62-72H2,1-3H3/b10-7-,11-8-,18-16-,19-17-,24-22-,25-23-,30-28-,31-29-,34-33-,37-36-,40-39-,43-42-,49-47-,55-53-,61-59-. The predicted molar refractivity (Wildman–Crippen MR) is 357 cm³/mol. The first-order valence-electron chi connectivity index (χ1n) is 32.8. The fourth-order valence-corrected chi connectivity index (χ4v) is 8.33. The van der Waals surface area contributed by atoms with Crippen molar-refractivity contribution in [3.8, 4) is 0 Å². The number of unbranched alkanes of at least 4 members (excludes halogenated alkanes) is 16. The van der Waals surface area contributed by atoms with Gasteiger partial charge in [0.2, 0.25) is 0 Å². The molecule has 0 aliphatic rings. The highest BCUT2D eigenvalue weighted by Gasteiger charge is 2.19. The number of hydrogen-bond acceptors (Lipinski definition) is 6. The van der Waals surface area contributed by atoms with Gasteiger partial charge in [-0.2, -0.15) is 0 Å². The Morgan fingerprint density at radius 2 is 0.488 bits per heavy atom. The van der Waals surface area contributed by atoms with Gasteiger partial charge in [-0.3, -0.25) is 14.4 Å². The van der Waals surface area contributed by atoms with Crippen LogP contribution in [0.4, 0.5) is 0 Å². The van der Waals surface area contributed by atoms with Crippen LogP contribution in [0.25, 0.3) is 0 Å². The second kappa shape index (κ2) is 68.0. The summed E-state index contributed by atoms with van der Waals surface area (Å²) in [5.74, 6) is -0.991. The Hall–Kier alpha value is -5.49. The molecule has 0 spiro atoms. The van der Waals surface area contributed by atoms with Crippen molar-refractivity contribution >= 4 is 17.9 Å². The van der Waals surface area contributed by atoms with Crippen LogP contribution in [0.1, 0.15) is 258 Å². The zero-order valence-electron chi connectivity index (χ0n) is 52.4. The van der Waals surface area contributed by atoms with E-state index in [1.807, 2.05) is 0 Å². The van der Waals surface area contributed by atoms with E-state index in [4.69, 9.17) is 14.2 Å². The van der Waals surface area contributed by atoms with Crippen LogP contribution in [0.5, 0.6) is 0 Å². The minimum atomic E-state index is -0.817. The molecule has 0 saturated heterocycles. The number of hydrogen-bond donors (Lipinski definition) is 0. The van der Waals surface area contributed by atoms with Crippen LogP contribution in [0.15, 0.2) is 182 Å². The Kier molecular flexibility index (Phi) is 63.5. The second-order valence-electron chi connectivity index (χ2n) is 20.9. The zero-order chi connectivity index (χ0) is 59.2. The average Bonchev–Trinajstić information content (AvgIpc) is 3.47. The summed E-state index contributed by atoms with van der Waals surface area (Å²) in [6, 6.07) is 0. The molecule has 0 N–H and O–H groups in total. The van der Waals surface area contributed by atoms with E-state index >= 15 is 0 Å². The molecule has 1 atom stereocenters. The molecule has 0 aliphatic heterocycles. The second-order valence-corrected chi connectivity index (χ2v) is 20.9. The summed E-state index contributed by atoms with van der Waals surface area (Å²) >= 11 is 0. The van der Waals surface area contributed by atoms with Crippen molar-refractivity contribution in [3.05, 3.63) is 182 Å². The molecule has 0 aromatic carbocycles. The molecule has 0 rings (SSSR count). The molecule has 0 aliphatic carbocycles. The van der Waals surface area contributed by atoms with Crippen molar-refractivity contribution in [1.82, 2.24) is 0 Å². The normalized spacial score (nSPS) is 13.4. The lowest BCUT2D eigenvalue weighted by molar-refractivity contribution is -0.167. The maximum absolute atomic E-state index is 12.8. The topological polar surface area (TPSA) is 78.9 Å². The fraction of sp³-hybridized carbons (Fsp3) is 0.566. The third-order valence-electron chi connectivity index (χ3n) is 13.2. The SMILES string of the molecule is CC/C=C\C/C=C\C/C=C\C/C=C\C/C=C\C/C=C\C/C=C\C/C=C\CCCCCCCCCCCCC(=O)OCC(COC(=O)CCCCCCCC)OC(=O)CCC/C=C\C/C=C\C/C=C\C/C=C\C/C=C\C/C=C\C/C=C\CC. The lowest BCUT2D eigenvalue weighted by Crippen LogP contribution is -2.30. The Labute approximate surface area is 504 Å². The van der Waals surface area contributed by atoms with E-state index < -0.39 is 6.10 Å². The maximum atomic E-state index is 12.8. The first-order valence-corrected chi connectivity index (χ1v) is 32.8. The predicted octanol–water partition coefficient (Wildman–Crippen LogP) is 22.8. The number of allylic oxidation sites excluding steroid dienone is 30. The first-order chi connectivity index (χ1) is 40.5. The van der Waals surface area contributed by atoms with Crippen molar-refractivity contribution in [2.24, 2.45) is 0 Å². The molecule has 0 aromatic rings. The summed E-state index contributed by atoms with van der Waals surface area (Å²) in [6.07, 6.45) is 102. The molecule has 0 radical (unpaired) electrons. The van der Waals surface area contributed by atoms with E-state index in [2.05, 4.69) is 203 Å². The minimum Gasteiger partial charge on any atom is -0.462 e. The third kappa shape index (κ3) is 65.3. The third-order valence-corrected chi connectivity index (χ3v) is 13.2. The molecule has 0 fully saturated rings. The van der Waals surface area contributed by atoms with Gasteiger partial charge in [-0.25, -0.2) is 0 Å². The Morgan fingerprint density at radius 3 is 0.780 bits per heavy atom. The smallest absolute Gasteiger partial charge is 0.306 e. The van der Waals surface area contributed by atoms with Gasteiger partial charge in [0.05, 0.1) is 0 Å². The van der Waals surface area contributed by atoms with E-state index in [0.717, 1.165) is 148 Å². The summed E-state index contributed by atoms with van der Waals surface area (Å²) in [5, 5.41) is 0. The van der Waals surface area contributed by atoms with Gasteiger partial charge in [0.25, 0.3) is 0 Å². The molecule has 0 aromatic heterocycles. The van der Waals surface area contributed by atoms with Crippen LogP contribution in [0.2, 0.25) is 0 Å². The molecule has 0 saturated carbocycles. The number of rotatable bonds is 57. The Bertz CT molecular complexity index is 1920. The van der Waals surface area contributed by atoms with Gasteiger partial charge in [0.15, 0.2) is 6.10 Å². The summed E-state index contributed by atoms with van der Waals surface area (Å²) in [4.78, 5) is 38.0. The van der Waals surface area contributed by atoms with Gasteiger partial charge in [-0.05, 0) is 135 Å². The summed E-state index contributed by atoms with van der Waals surface area (Å²) in [7, 11) is 0. The van der Waals surface area contributed by atoms with Crippen molar-refractivity contribution in [2.75, 3.05) is 13.2 Å². The van der Waals surface area contributed by atoms with Crippen LogP contribution in [-0.2, 0) is 28.6 Å². The monoisotopic (exact) mass is 1130 g/mol. The number of esters is 3. The van der Waals surface area contributed by atoms with Crippen LogP contribution < -0.4 is 0 Å². The fourth-order valence-electron chi connectivity index (χ4n) is 8.33. The van der Waals surface area contributed by atoms with Gasteiger partial charge in [0, 0.05) is 19.3 Å². The van der Waals surface area contributed by atoms with E-state index in [0.29, 0.717) is 19.3 Å². The lowest BCUT2D eigenvalue weighted by Gasteiger charge is -2.18. The zero-order valence-corrected chi connectivity index (χ0v) is 52.4. The average molecular weight is 1130 g/mol. The summed E-state index contributed by atoms with van der Waals surface area (Å²) in [6.45, 7) is 6.29. The van der Waals surface area contributed by atoms with Crippen molar-refractivity contribution in [1.29, 1.82) is 0 Å². The highest BCUT2D eigenvalue weighted by molar-refractivity contribution is 5.71. The van der Waals surface area contributed by atoms with E-state index in [1.165, 1.54) is 64.2 Å². The van der Waals surface area contributed by atoms with Crippen LogP contribution in [-0.4, -0.2) is 37.2 Å². The quantitative estimate of drug-likeness (QED) is 0.0261. The number of carbonyl (C=O) groups excluding carboxylic acids is 3. The minimum absolute atomic E-state index is 0.109. The molecule has 6 heteroatoms. The van der Waals surface area contributed by atoms with E-state index in [1.54, 1.807) is 0 Å². The first kappa shape index (κ1) is 76.5. The largest absolute Gasteiger partial charge is 0.462 e. The molecule has 0 heterocycles. The molecule has 0 amide bonds. The molecular formula is C76H118O6. The van der Waals surface area contributed by atoms with E-state index in [-0.39, 0.29) is 37.5 Å². The van der Waals surface area contributed by atoms with Crippen LogP contribution >= 0.6 is 0 Å². The van der Waals surface area contributed by atoms with Gasteiger partial charge in [0.1, 0.15) is 13.2 Å². The van der Waals surface area contributed by atoms with Crippen molar-refractivity contribution in [2.45, 2.75) is 264 Å². The summed E-state index contributed by atoms with van der Waals surface area (Å²) in [5.41, 5.74) is 0. The maximum Gasteiger partial charge on any atom is 0.306 e. The van der Waals surface area contributed by atoms with Gasteiger partial charge >= 0.3 is 17.9 Å². The molecule has 82 heavy (non-hydrogen) atoms. The van der Waals surface area contributed by atoms with Crippen molar-refractivity contribution in [3.63, 3.8) is 0 Å². The highest BCUT2D eigenvalue weighted by atomic mass is 16.6. The number of ether oxygens (including phenoxy) is 3. The lowest BCUT2D eigenvalue weighted by atomic mass is 10.1. The molecule has 1 unspecified atom stereocenters. The molecular weight excluding hydrogens is 1010 g/mol. The van der Waals surface area contributed by atoms with E-state index in [9.17, 15) is 14.4 Å². The van der Waals surface area contributed by atoms with Gasteiger partial charge < -0.3 is 14.2 Å².